The quantitative estimate of drug-likeness (QED) is 0.722. The van der Waals surface area contributed by atoms with Gasteiger partial charge in [-0.3, -0.25) is 4.79 Å². The molecule has 1 aliphatic carbocycles. The van der Waals surface area contributed by atoms with E-state index in [0.717, 1.165) is 22.7 Å². The topological polar surface area (TPSA) is 64.2 Å². The lowest BCUT2D eigenvalue weighted by Gasteiger charge is -2.19. The Morgan fingerprint density at radius 3 is 2.88 bits per heavy atom. The Morgan fingerprint density at radius 2 is 2.21 bits per heavy atom. The van der Waals surface area contributed by atoms with Crippen molar-refractivity contribution in [2.45, 2.75) is 39.3 Å². The number of aryl methyl sites for hydroxylation is 1. The molecule has 3 heterocycles. The molecule has 0 spiro atoms. The zero-order chi connectivity index (χ0) is 16.7. The summed E-state index contributed by atoms with van der Waals surface area (Å²) in [6.07, 6.45) is 5.84. The first-order valence-electron chi connectivity index (χ1n) is 8.33. The van der Waals surface area contributed by atoms with Crippen molar-refractivity contribution >= 4 is 17.1 Å². The Kier molecular flexibility index (Phi) is 3.59. The number of amides is 1. The maximum Gasteiger partial charge on any atom is 0.255 e. The van der Waals surface area contributed by atoms with Gasteiger partial charge in [-0.2, -0.15) is 0 Å². The smallest absolute Gasteiger partial charge is 0.255 e. The van der Waals surface area contributed by atoms with Gasteiger partial charge < -0.3 is 13.9 Å². The second kappa shape index (κ2) is 5.78. The minimum absolute atomic E-state index is 0.0538. The average molecular weight is 324 g/mol. The SMILES string of the molecule is CCN(Cc1ccc(C)o1)C(=O)c1cnc2c(c1)ncn2C1CC1. The third-order valence-electron chi connectivity index (χ3n) is 4.41. The van der Waals surface area contributed by atoms with Crippen LogP contribution in [-0.2, 0) is 6.54 Å². The lowest BCUT2D eigenvalue weighted by atomic mass is 10.2. The molecule has 24 heavy (non-hydrogen) atoms. The number of carbonyl (C=O) groups is 1. The van der Waals surface area contributed by atoms with Gasteiger partial charge in [0.15, 0.2) is 5.65 Å². The van der Waals surface area contributed by atoms with E-state index in [1.807, 2.05) is 38.4 Å². The number of pyridine rings is 1. The lowest BCUT2D eigenvalue weighted by Crippen LogP contribution is -2.30. The maximum atomic E-state index is 12.8. The van der Waals surface area contributed by atoms with Crippen LogP contribution in [0.2, 0.25) is 0 Å². The van der Waals surface area contributed by atoms with Crippen LogP contribution in [0.25, 0.3) is 11.2 Å². The van der Waals surface area contributed by atoms with Gasteiger partial charge in [-0.05, 0) is 44.9 Å². The largest absolute Gasteiger partial charge is 0.464 e. The second-order valence-corrected chi connectivity index (χ2v) is 6.28. The zero-order valence-corrected chi connectivity index (χ0v) is 13.9. The molecule has 0 saturated heterocycles. The molecule has 1 saturated carbocycles. The molecule has 4 rings (SSSR count). The highest BCUT2D eigenvalue weighted by Crippen LogP contribution is 2.36. The first-order valence-corrected chi connectivity index (χ1v) is 8.33. The number of aromatic nitrogens is 3. The first-order chi connectivity index (χ1) is 11.7. The Bertz CT molecular complexity index is 891. The van der Waals surface area contributed by atoms with Crippen molar-refractivity contribution in [3.05, 3.63) is 47.8 Å². The van der Waals surface area contributed by atoms with Crippen molar-refractivity contribution in [3.8, 4) is 0 Å². The van der Waals surface area contributed by atoms with Crippen molar-refractivity contribution in [3.63, 3.8) is 0 Å². The normalized spacial score (nSPS) is 14.2. The van der Waals surface area contributed by atoms with Crippen LogP contribution in [0.1, 0.15) is 47.7 Å². The lowest BCUT2D eigenvalue weighted by molar-refractivity contribution is 0.0740. The predicted octanol–water partition coefficient (Wildman–Crippen LogP) is 3.33. The summed E-state index contributed by atoms with van der Waals surface area (Å²) in [4.78, 5) is 23.4. The standard InChI is InChI=1S/C18H20N4O2/c1-3-21(10-15-7-4-12(2)24-15)18(23)13-8-16-17(19-9-13)22(11-20-16)14-5-6-14/h4,7-9,11,14H,3,5-6,10H2,1-2H3. The highest BCUT2D eigenvalue weighted by atomic mass is 16.3. The molecule has 0 N–H and O–H groups in total. The number of hydrogen-bond donors (Lipinski definition) is 0. The van der Waals surface area contributed by atoms with Crippen LogP contribution < -0.4 is 0 Å². The fraction of sp³-hybridized carbons (Fsp3) is 0.389. The second-order valence-electron chi connectivity index (χ2n) is 6.28. The third kappa shape index (κ3) is 2.68. The van der Waals surface area contributed by atoms with Gasteiger partial charge in [-0.1, -0.05) is 0 Å². The number of hydrogen-bond acceptors (Lipinski definition) is 4. The van der Waals surface area contributed by atoms with Gasteiger partial charge in [0.2, 0.25) is 0 Å². The molecule has 6 nitrogen and oxygen atoms in total. The van der Waals surface area contributed by atoms with E-state index < -0.39 is 0 Å². The summed E-state index contributed by atoms with van der Waals surface area (Å²) < 4.78 is 7.69. The molecular weight excluding hydrogens is 304 g/mol. The van der Waals surface area contributed by atoms with Gasteiger partial charge in [-0.25, -0.2) is 9.97 Å². The molecule has 3 aromatic heterocycles. The molecule has 6 heteroatoms. The Morgan fingerprint density at radius 1 is 1.38 bits per heavy atom. The summed E-state index contributed by atoms with van der Waals surface area (Å²) >= 11 is 0. The van der Waals surface area contributed by atoms with E-state index in [2.05, 4.69) is 14.5 Å². The van der Waals surface area contributed by atoms with Gasteiger partial charge in [0, 0.05) is 18.8 Å². The monoisotopic (exact) mass is 324 g/mol. The molecule has 0 radical (unpaired) electrons. The molecule has 124 valence electrons. The summed E-state index contributed by atoms with van der Waals surface area (Å²) in [5.41, 5.74) is 2.20. The Hall–Kier alpha value is -2.63. The molecular formula is C18H20N4O2. The number of fused-ring (bicyclic) bond motifs is 1. The van der Waals surface area contributed by atoms with Gasteiger partial charge in [0.25, 0.3) is 5.91 Å². The summed E-state index contributed by atoms with van der Waals surface area (Å²) in [5.74, 6) is 1.58. The zero-order valence-electron chi connectivity index (χ0n) is 13.9. The van der Waals surface area contributed by atoms with E-state index >= 15 is 0 Å². The summed E-state index contributed by atoms with van der Waals surface area (Å²) in [6, 6.07) is 6.17. The highest BCUT2D eigenvalue weighted by Gasteiger charge is 2.26. The molecule has 1 amide bonds. The van der Waals surface area contributed by atoms with Crippen molar-refractivity contribution in [2.75, 3.05) is 6.54 Å². The fourth-order valence-electron chi connectivity index (χ4n) is 2.92. The Balaban J connectivity index is 1.58. The third-order valence-corrected chi connectivity index (χ3v) is 4.41. The van der Waals surface area contributed by atoms with Gasteiger partial charge in [0.05, 0.1) is 18.4 Å². The van der Waals surface area contributed by atoms with E-state index in [9.17, 15) is 4.79 Å². The van der Waals surface area contributed by atoms with E-state index in [1.54, 1.807) is 11.1 Å². The van der Waals surface area contributed by atoms with Crippen molar-refractivity contribution < 1.29 is 9.21 Å². The molecule has 0 bridgehead atoms. The number of rotatable bonds is 5. The average Bonchev–Trinajstić information content (AvgIpc) is 3.22. The van der Waals surface area contributed by atoms with Crippen molar-refractivity contribution in [1.29, 1.82) is 0 Å². The van der Waals surface area contributed by atoms with E-state index in [4.69, 9.17) is 4.42 Å². The van der Waals surface area contributed by atoms with Gasteiger partial charge >= 0.3 is 0 Å². The van der Waals surface area contributed by atoms with Crippen LogP contribution in [0.3, 0.4) is 0 Å². The van der Waals surface area contributed by atoms with Crippen LogP contribution in [-0.4, -0.2) is 31.9 Å². The van der Waals surface area contributed by atoms with E-state index in [0.29, 0.717) is 24.7 Å². The summed E-state index contributed by atoms with van der Waals surface area (Å²) in [7, 11) is 0. The predicted molar refractivity (Wildman–Crippen MR) is 89.7 cm³/mol. The molecule has 0 unspecified atom stereocenters. The molecule has 3 aromatic rings. The maximum absolute atomic E-state index is 12.8. The van der Waals surface area contributed by atoms with Gasteiger partial charge in [-0.15, -0.1) is 0 Å². The highest BCUT2D eigenvalue weighted by molar-refractivity contribution is 5.96. The fourth-order valence-corrected chi connectivity index (χ4v) is 2.92. The van der Waals surface area contributed by atoms with Gasteiger partial charge in [0.1, 0.15) is 17.0 Å². The molecule has 0 aliphatic heterocycles. The van der Waals surface area contributed by atoms with Crippen LogP contribution in [0.4, 0.5) is 0 Å². The van der Waals surface area contributed by atoms with Crippen LogP contribution in [0.5, 0.6) is 0 Å². The van der Waals surface area contributed by atoms with Crippen LogP contribution >= 0.6 is 0 Å². The van der Waals surface area contributed by atoms with Crippen LogP contribution in [0.15, 0.2) is 35.1 Å². The molecule has 0 aromatic carbocycles. The minimum atomic E-state index is -0.0538. The summed E-state index contributed by atoms with van der Waals surface area (Å²) in [6.45, 7) is 4.92. The van der Waals surface area contributed by atoms with E-state index in [1.165, 1.54) is 12.8 Å². The van der Waals surface area contributed by atoms with Crippen molar-refractivity contribution in [1.82, 2.24) is 19.4 Å². The molecule has 1 aliphatic rings. The number of nitrogens with zero attached hydrogens (tertiary/aromatic N) is 4. The first kappa shape index (κ1) is 14.9. The molecule has 1 fully saturated rings. The Labute approximate surface area is 140 Å². The number of furan rings is 1. The molecule has 0 atom stereocenters. The van der Waals surface area contributed by atoms with E-state index in [-0.39, 0.29) is 5.91 Å². The van der Waals surface area contributed by atoms with Crippen molar-refractivity contribution in [2.24, 2.45) is 0 Å². The summed E-state index contributed by atoms with van der Waals surface area (Å²) in [5, 5.41) is 0. The van der Waals surface area contributed by atoms with Crippen LogP contribution in [0, 0.1) is 6.92 Å². The number of imidazole rings is 1. The number of carbonyl (C=O) groups excluding carboxylic acids is 1. The minimum Gasteiger partial charge on any atom is -0.464 e.